The van der Waals surface area contributed by atoms with Crippen molar-refractivity contribution >= 4 is 38.6 Å². The predicted octanol–water partition coefficient (Wildman–Crippen LogP) is 4.52. The van der Waals surface area contributed by atoms with E-state index in [1.165, 1.54) is 0 Å². The number of rotatable bonds is 3. The topological polar surface area (TPSA) is 27.1 Å². The van der Waals surface area contributed by atoms with E-state index >= 15 is 0 Å². The number of hydrogen-bond donors (Lipinski definition) is 0. The highest BCUT2D eigenvalue weighted by Gasteiger charge is 2.27. The molecule has 0 spiro atoms. The molecule has 3 atom stereocenters. The van der Waals surface area contributed by atoms with E-state index in [9.17, 15) is 0 Å². The zero-order valence-corrected chi connectivity index (χ0v) is 14.0. The van der Waals surface area contributed by atoms with Crippen LogP contribution in [-0.2, 0) is 11.3 Å². The molecular weight excluding hydrogens is 340 g/mol. The maximum atomic E-state index is 6.32. The van der Waals surface area contributed by atoms with Gasteiger partial charge in [-0.15, -0.1) is 11.6 Å². The summed E-state index contributed by atoms with van der Waals surface area (Å²) >= 11 is 9.85. The maximum absolute atomic E-state index is 6.32. The fourth-order valence-electron chi connectivity index (χ4n) is 2.86. The lowest BCUT2D eigenvalue weighted by Crippen LogP contribution is -2.19. The number of benzene rings is 1. The van der Waals surface area contributed by atoms with Crippen molar-refractivity contribution in [3.05, 3.63) is 28.5 Å². The Kier molecular flexibility index (Phi) is 4.07. The number of imidazole rings is 1. The first-order valence-corrected chi connectivity index (χ1v) is 8.20. The van der Waals surface area contributed by atoms with E-state index < -0.39 is 0 Å². The van der Waals surface area contributed by atoms with E-state index in [4.69, 9.17) is 16.3 Å². The lowest BCUT2D eigenvalue weighted by Gasteiger charge is -2.18. The molecule has 0 amide bonds. The van der Waals surface area contributed by atoms with Gasteiger partial charge in [-0.05, 0) is 38.5 Å². The van der Waals surface area contributed by atoms with E-state index in [0.29, 0.717) is 12.0 Å². The zero-order valence-electron chi connectivity index (χ0n) is 11.6. The van der Waals surface area contributed by atoms with E-state index in [0.717, 1.165) is 40.9 Å². The summed E-state index contributed by atoms with van der Waals surface area (Å²) in [4.78, 5) is 4.69. The number of aromatic nitrogens is 2. The number of ether oxygens (including phenoxy) is 1. The van der Waals surface area contributed by atoms with Gasteiger partial charge in [-0.1, -0.05) is 15.9 Å². The van der Waals surface area contributed by atoms with Crippen LogP contribution in [0.5, 0.6) is 0 Å². The Bertz CT molecular complexity index is 626. The molecule has 0 aliphatic carbocycles. The van der Waals surface area contributed by atoms with Crippen LogP contribution < -0.4 is 0 Å². The van der Waals surface area contributed by atoms with E-state index in [-0.39, 0.29) is 5.38 Å². The molecule has 0 saturated carbocycles. The van der Waals surface area contributed by atoms with Crippen molar-refractivity contribution in [2.45, 2.75) is 38.3 Å². The van der Waals surface area contributed by atoms with Crippen molar-refractivity contribution in [3.63, 3.8) is 0 Å². The molecule has 2 heterocycles. The molecule has 3 nitrogen and oxygen atoms in total. The van der Waals surface area contributed by atoms with Gasteiger partial charge in [0.1, 0.15) is 5.82 Å². The van der Waals surface area contributed by atoms with Crippen molar-refractivity contribution in [2.24, 2.45) is 5.92 Å². The van der Waals surface area contributed by atoms with Crippen LogP contribution >= 0.6 is 27.5 Å². The quantitative estimate of drug-likeness (QED) is 0.755. The van der Waals surface area contributed by atoms with Gasteiger partial charge in [-0.3, -0.25) is 0 Å². The van der Waals surface area contributed by atoms with Crippen LogP contribution in [0.1, 0.15) is 31.5 Å². The van der Waals surface area contributed by atoms with Crippen LogP contribution in [0.3, 0.4) is 0 Å². The Labute approximate surface area is 132 Å². The van der Waals surface area contributed by atoms with Gasteiger partial charge in [0.05, 0.1) is 22.5 Å². The molecule has 1 fully saturated rings. The number of nitrogens with zero attached hydrogens (tertiary/aromatic N) is 2. The van der Waals surface area contributed by atoms with Gasteiger partial charge in [0.15, 0.2) is 0 Å². The number of halogens is 2. The normalized spacial score (nSPS) is 24.4. The standard InChI is InChI=1S/C15H18BrClN2O/c1-9(17)15-18-13-4-3-12(16)7-14(13)19(15)8-11-5-6-20-10(11)2/h3-4,7,9-11H,5-6,8H2,1-2H3. The average molecular weight is 358 g/mol. The lowest BCUT2D eigenvalue weighted by molar-refractivity contribution is 0.102. The molecule has 2 aromatic rings. The van der Waals surface area contributed by atoms with Crippen LogP contribution in [0.2, 0.25) is 0 Å². The van der Waals surface area contributed by atoms with Gasteiger partial charge in [0.2, 0.25) is 0 Å². The Hall–Kier alpha value is -0.580. The molecule has 3 unspecified atom stereocenters. The summed E-state index contributed by atoms with van der Waals surface area (Å²) in [7, 11) is 0. The lowest BCUT2D eigenvalue weighted by atomic mass is 10.0. The van der Waals surface area contributed by atoms with Gasteiger partial charge < -0.3 is 9.30 Å². The summed E-state index contributed by atoms with van der Waals surface area (Å²) in [5, 5.41) is -0.0983. The largest absolute Gasteiger partial charge is 0.378 e. The number of alkyl halides is 1. The van der Waals surface area contributed by atoms with Crippen molar-refractivity contribution in [2.75, 3.05) is 6.61 Å². The fourth-order valence-corrected chi connectivity index (χ4v) is 3.38. The first-order chi connectivity index (χ1) is 9.56. The molecule has 1 aromatic carbocycles. The third kappa shape index (κ3) is 2.61. The Morgan fingerprint density at radius 2 is 2.35 bits per heavy atom. The van der Waals surface area contributed by atoms with E-state index in [1.54, 1.807) is 0 Å². The van der Waals surface area contributed by atoms with Crippen molar-refractivity contribution in [1.29, 1.82) is 0 Å². The molecule has 5 heteroatoms. The van der Waals surface area contributed by atoms with Gasteiger partial charge >= 0.3 is 0 Å². The third-order valence-corrected chi connectivity index (χ3v) is 4.73. The molecule has 0 bridgehead atoms. The average Bonchev–Trinajstić information content (AvgIpc) is 2.95. The molecule has 0 N–H and O–H groups in total. The van der Waals surface area contributed by atoms with E-state index in [1.807, 2.05) is 19.1 Å². The monoisotopic (exact) mass is 356 g/mol. The minimum absolute atomic E-state index is 0.0983. The summed E-state index contributed by atoms with van der Waals surface area (Å²) in [6.45, 7) is 5.90. The number of hydrogen-bond acceptors (Lipinski definition) is 2. The molecule has 108 valence electrons. The second kappa shape index (κ2) is 5.66. The summed E-state index contributed by atoms with van der Waals surface area (Å²) in [6.07, 6.45) is 1.41. The van der Waals surface area contributed by atoms with Gasteiger partial charge in [0, 0.05) is 23.5 Å². The molecule has 0 radical (unpaired) electrons. The molecule has 1 aliphatic heterocycles. The molecule has 3 rings (SSSR count). The summed E-state index contributed by atoms with van der Waals surface area (Å²) in [5.74, 6) is 1.47. The van der Waals surface area contributed by atoms with Gasteiger partial charge in [-0.25, -0.2) is 4.98 Å². The Morgan fingerprint density at radius 1 is 1.55 bits per heavy atom. The zero-order chi connectivity index (χ0) is 14.3. The fraction of sp³-hybridized carbons (Fsp3) is 0.533. The first kappa shape index (κ1) is 14.4. The maximum Gasteiger partial charge on any atom is 0.127 e. The minimum atomic E-state index is -0.0983. The second-order valence-corrected chi connectivity index (χ2v) is 7.02. The Balaban J connectivity index is 2.05. The first-order valence-electron chi connectivity index (χ1n) is 6.97. The second-order valence-electron chi connectivity index (χ2n) is 5.45. The van der Waals surface area contributed by atoms with Gasteiger partial charge in [0.25, 0.3) is 0 Å². The van der Waals surface area contributed by atoms with Crippen LogP contribution in [0, 0.1) is 5.92 Å². The number of fused-ring (bicyclic) bond motifs is 1. The molecular formula is C15H18BrClN2O. The van der Waals surface area contributed by atoms with Crippen molar-refractivity contribution in [1.82, 2.24) is 9.55 Å². The highest BCUT2D eigenvalue weighted by Crippen LogP contribution is 2.30. The predicted molar refractivity (Wildman–Crippen MR) is 85.2 cm³/mol. The highest BCUT2D eigenvalue weighted by molar-refractivity contribution is 9.10. The van der Waals surface area contributed by atoms with Gasteiger partial charge in [-0.2, -0.15) is 0 Å². The van der Waals surface area contributed by atoms with Crippen molar-refractivity contribution in [3.8, 4) is 0 Å². The van der Waals surface area contributed by atoms with Crippen LogP contribution in [0.15, 0.2) is 22.7 Å². The summed E-state index contributed by atoms with van der Waals surface area (Å²) < 4.78 is 9.00. The molecule has 1 aliphatic rings. The minimum Gasteiger partial charge on any atom is -0.378 e. The summed E-state index contributed by atoms with van der Waals surface area (Å²) in [5.41, 5.74) is 2.14. The van der Waals surface area contributed by atoms with Crippen molar-refractivity contribution < 1.29 is 4.74 Å². The van der Waals surface area contributed by atoms with E-state index in [2.05, 4.69) is 38.5 Å². The Morgan fingerprint density at radius 3 is 3.00 bits per heavy atom. The van der Waals surface area contributed by atoms with Crippen LogP contribution in [0.4, 0.5) is 0 Å². The smallest absolute Gasteiger partial charge is 0.127 e. The highest BCUT2D eigenvalue weighted by atomic mass is 79.9. The van der Waals surface area contributed by atoms with Crippen LogP contribution in [-0.4, -0.2) is 22.3 Å². The van der Waals surface area contributed by atoms with Crippen LogP contribution in [0.25, 0.3) is 11.0 Å². The SMILES string of the molecule is CC(Cl)c1nc2ccc(Br)cc2n1CC1CCOC1C. The third-order valence-electron chi connectivity index (χ3n) is 4.05. The molecule has 1 aromatic heterocycles. The molecule has 20 heavy (non-hydrogen) atoms. The molecule has 1 saturated heterocycles. The summed E-state index contributed by atoms with van der Waals surface area (Å²) in [6, 6.07) is 6.17.